The van der Waals surface area contributed by atoms with Crippen molar-refractivity contribution in [3.05, 3.63) is 60.4 Å². The molecule has 0 saturated carbocycles. The van der Waals surface area contributed by atoms with E-state index in [-0.39, 0.29) is 4.90 Å². The molecule has 0 unspecified atom stereocenters. The number of rotatable bonds is 3. The second-order valence-corrected chi connectivity index (χ2v) is 8.68. The van der Waals surface area contributed by atoms with E-state index < -0.39 is 21.5 Å². The third-order valence-electron chi connectivity index (χ3n) is 3.90. The van der Waals surface area contributed by atoms with Crippen molar-refractivity contribution in [2.75, 3.05) is 6.26 Å². The molecule has 0 saturated heterocycles. The largest absolute Gasteiger partial charge is 0.271 e. The van der Waals surface area contributed by atoms with Crippen LogP contribution in [0, 0.1) is 11.6 Å². The molecule has 2 aromatic carbocycles. The van der Waals surface area contributed by atoms with Gasteiger partial charge in [0.15, 0.2) is 21.5 Å². The fourth-order valence-corrected chi connectivity index (χ4v) is 4.36. The van der Waals surface area contributed by atoms with E-state index in [4.69, 9.17) is 0 Å². The minimum absolute atomic E-state index is 0.200. The minimum Gasteiger partial charge on any atom is -0.271 e. The highest BCUT2D eigenvalue weighted by atomic mass is 32.2. The number of nitrogens with zero attached hydrogens (tertiary/aromatic N) is 3. The highest BCUT2D eigenvalue weighted by molar-refractivity contribution is 7.90. The van der Waals surface area contributed by atoms with Gasteiger partial charge in [-0.05, 0) is 29.8 Å². The van der Waals surface area contributed by atoms with E-state index in [0.717, 1.165) is 18.4 Å². The van der Waals surface area contributed by atoms with E-state index in [2.05, 4.69) is 10.2 Å². The number of aromatic nitrogens is 3. The molecule has 0 spiro atoms. The maximum Gasteiger partial charge on any atom is 0.217 e. The zero-order valence-electron chi connectivity index (χ0n) is 13.3. The van der Waals surface area contributed by atoms with Crippen molar-refractivity contribution in [3.63, 3.8) is 0 Å². The van der Waals surface area contributed by atoms with Gasteiger partial charge in [-0.3, -0.25) is 4.40 Å². The summed E-state index contributed by atoms with van der Waals surface area (Å²) in [6.07, 6.45) is 2.66. The van der Waals surface area contributed by atoms with E-state index in [0.29, 0.717) is 26.7 Å². The van der Waals surface area contributed by atoms with Gasteiger partial charge < -0.3 is 0 Å². The number of fused-ring (bicyclic) bond motifs is 1. The summed E-state index contributed by atoms with van der Waals surface area (Å²) in [6, 6.07) is 10.0. The van der Waals surface area contributed by atoms with Gasteiger partial charge in [0.05, 0.1) is 15.5 Å². The Morgan fingerprint density at radius 3 is 2.35 bits per heavy atom. The van der Waals surface area contributed by atoms with Crippen molar-refractivity contribution in [3.8, 4) is 21.7 Å². The van der Waals surface area contributed by atoms with Gasteiger partial charge in [-0.2, -0.15) is 0 Å². The predicted molar refractivity (Wildman–Crippen MR) is 94.8 cm³/mol. The van der Waals surface area contributed by atoms with Crippen molar-refractivity contribution in [2.24, 2.45) is 0 Å². The van der Waals surface area contributed by atoms with Gasteiger partial charge in [-0.1, -0.05) is 29.5 Å². The molecule has 2 heterocycles. The van der Waals surface area contributed by atoms with Crippen LogP contribution in [0.3, 0.4) is 0 Å². The van der Waals surface area contributed by atoms with Crippen LogP contribution in [0.5, 0.6) is 0 Å². The lowest BCUT2D eigenvalue weighted by Crippen LogP contribution is -1.96. The zero-order valence-corrected chi connectivity index (χ0v) is 15.0. The number of hydrogen-bond acceptors (Lipinski definition) is 5. The van der Waals surface area contributed by atoms with E-state index in [1.54, 1.807) is 16.5 Å². The molecule has 0 atom stereocenters. The van der Waals surface area contributed by atoms with Gasteiger partial charge in [0.1, 0.15) is 6.33 Å². The molecule has 0 aliphatic carbocycles. The van der Waals surface area contributed by atoms with Crippen LogP contribution >= 0.6 is 11.3 Å². The molecule has 0 radical (unpaired) electrons. The highest BCUT2D eigenvalue weighted by Crippen LogP contribution is 2.39. The van der Waals surface area contributed by atoms with E-state index >= 15 is 0 Å². The quantitative estimate of drug-likeness (QED) is 0.533. The monoisotopic (exact) mass is 391 g/mol. The molecule has 4 rings (SSSR count). The lowest BCUT2D eigenvalue weighted by molar-refractivity contribution is 0.509. The summed E-state index contributed by atoms with van der Waals surface area (Å²) in [6.45, 7) is 0. The molecule has 26 heavy (non-hydrogen) atoms. The Hall–Kier alpha value is -2.65. The summed E-state index contributed by atoms with van der Waals surface area (Å²) in [4.78, 5) is 1.47. The van der Waals surface area contributed by atoms with Crippen LogP contribution in [0.15, 0.2) is 53.7 Å². The van der Waals surface area contributed by atoms with Crippen molar-refractivity contribution in [1.82, 2.24) is 14.6 Å². The van der Waals surface area contributed by atoms with E-state index in [9.17, 15) is 17.2 Å². The molecule has 5 nitrogen and oxygen atoms in total. The molecule has 0 aliphatic heterocycles. The highest BCUT2D eigenvalue weighted by Gasteiger charge is 2.19. The second-order valence-electron chi connectivity index (χ2n) is 5.69. The van der Waals surface area contributed by atoms with Crippen molar-refractivity contribution < 1.29 is 17.2 Å². The first-order valence-electron chi connectivity index (χ1n) is 7.43. The minimum atomic E-state index is -3.31. The van der Waals surface area contributed by atoms with Crippen LogP contribution in [0.25, 0.3) is 26.7 Å². The zero-order chi connectivity index (χ0) is 18.5. The summed E-state index contributed by atoms with van der Waals surface area (Å²) in [5.74, 6) is -1.86. The molecular weight excluding hydrogens is 380 g/mol. The smallest absolute Gasteiger partial charge is 0.217 e. The van der Waals surface area contributed by atoms with E-state index in [1.807, 2.05) is 0 Å². The van der Waals surface area contributed by atoms with Crippen LogP contribution in [0.4, 0.5) is 8.78 Å². The Labute approximate surface area is 151 Å². The van der Waals surface area contributed by atoms with Gasteiger partial charge in [0.25, 0.3) is 0 Å². The summed E-state index contributed by atoms with van der Waals surface area (Å²) >= 11 is 1.28. The molecular formula is C17H11F2N3O2S2. The molecule has 0 amide bonds. The maximum atomic E-state index is 13.7. The number of hydrogen-bond donors (Lipinski definition) is 0. The Kier molecular flexibility index (Phi) is 3.85. The van der Waals surface area contributed by atoms with Gasteiger partial charge >= 0.3 is 0 Å². The maximum absolute atomic E-state index is 13.7. The molecule has 0 bridgehead atoms. The third kappa shape index (κ3) is 2.78. The Balaban J connectivity index is 1.94. The molecule has 0 N–H and O–H groups in total. The topological polar surface area (TPSA) is 64.3 Å². The Morgan fingerprint density at radius 2 is 1.69 bits per heavy atom. The van der Waals surface area contributed by atoms with Crippen molar-refractivity contribution >= 4 is 26.1 Å². The van der Waals surface area contributed by atoms with Gasteiger partial charge in [-0.25, -0.2) is 17.2 Å². The normalized spacial score (nSPS) is 12.0. The molecule has 0 aliphatic rings. The van der Waals surface area contributed by atoms with E-state index in [1.165, 1.54) is 35.9 Å². The van der Waals surface area contributed by atoms with Crippen LogP contribution in [-0.2, 0) is 9.84 Å². The molecule has 132 valence electrons. The number of thiazole rings is 1. The van der Waals surface area contributed by atoms with Gasteiger partial charge in [-0.15, -0.1) is 10.2 Å². The lowest BCUT2D eigenvalue weighted by Gasteiger charge is -2.07. The van der Waals surface area contributed by atoms with Crippen molar-refractivity contribution in [1.29, 1.82) is 0 Å². The van der Waals surface area contributed by atoms with Gasteiger partial charge in [0, 0.05) is 11.8 Å². The fraction of sp³-hybridized carbons (Fsp3) is 0.0588. The Bertz CT molecular complexity index is 1230. The van der Waals surface area contributed by atoms with Crippen LogP contribution in [0.1, 0.15) is 0 Å². The molecule has 4 aromatic rings. The molecule has 2 aromatic heterocycles. The molecule has 0 fully saturated rings. The third-order valence-corrected chi connectivity index (χ3v) is 6.13. The average molecular weight is 391 g/mol. The SMILES string of the molecule is CS(=O)(=O)c1ccc(-c2c(-c3ccc(F)c(F)c3)sc3nncn23)cc1. The predicted octanol–water partition coefficient (Wildman–Crippen LogP) is 3.81. The Morgan fingerprint density at radius 1 is 1.00 bits per heavy atom. The molecule has 9 heteroatoms. The standard InChI is InChI=1S/C17H11F2N3O2S2/c1-26(23,24)12-5-2-10(3-6-12)15-16(25-17-21-20-9-22(15)17)11-4-7-13(18)14(19)8-11/h2-9H,1H3. The lowest BCUT2D eigenvalue weighted by atomic mass is 10.1. The number of sulfone groups is 1. The second kappa shape index (κ2) is 5.96. The summed E-state index contributed by atoms with van der Waals surface area (Å²) in [7, 11) is -3.31. The first kappa shape index (κ1) is 16.8. The van der Waals surface area contributed by atoms with Crippen LogP contribution in [-0.4, -0.2) is 29.3 Å². The fourth-order valence-electron chi connectivity index (χ4n) is 2.66. The number of benzene rings is 2. The van der Waals surface area contributed by atoms with Crippen molar-refractivity contribution in [2.45, 2.75) is 4.90 Å². The summed E-state index contributed by atoms with van der Waals surface area (Å²) in [5.41, 5.74) is 1.89. The van der Waals surface area contributed by atoms with Crippen LogP contribution < -0.4 is 0 Å². The van der Waals surface area contributed by atoms with Crippen LogP contribution in [0.2, 0.25) is 0 Å². The number of halogens is 2. The summed E-state index contributed by atoms with van der Waals surface area (Å²) < 4.78 is 52.0. The average Bonchev–Trinajstić information content (AvgIpc) is 3.17. The summed E-state index contributed by atoms with van der Waals surface area (Å²) in [5, 5.41) is 7.88. The van der Waals surface area contributed by atoms with Gasteiger partial charge in [0.2, 0.25) is 4.96 Å². The first-order chi connectivity index (χ1) is 12.3. The first-order valence-corrected chi connectivity index (χ1v) is 10.1.